The van der Waals surface area contributed by atoms with Crippen LogP contribution in [0.1, 0.15) is 54.0 Å². The van der Waals surface area contributed by atoms with E-state index >= 15 is 0 Å². The summed E-state index contributed by atoms with van der Waals surface area (Å²) >= 11 is 1.41. The zero-order chi connectivity index (χ0) is 43.1. The highest BCUT2D eigenvalue weighted by Gasteiger charge is 2.52. The third-order valence-electron chi connectivity index (χ3n) is 10.8. The van der Waals surface area contributed by atoms with E-state index in [0.29, 0.717) is 0 Å². The van der Waals surface area contributed by atoms with E-state index in [2.05, 4.69) is 20.1 Å². The van der Waals surface area contributed by atoms with Crippen LogP contribution in [0.2, 0.25) is 0 Å². The third-order valence-corrected chi connectivity index (χ3v) is 12.0. The standard InChI is InChI=1S/C39H52N6O10S.CO2/c1-21-22(2)32(42-44-40)37(52-30(21)19-48-26(6)46)54-34-24(4)36(50-18-28-14-10-8-11-15-28)38(51-25(34)5)55-35-23(3)33(43-45-41)39(53-31(35)20-49-27(7)47)56-29-16-12-9-13-17-29;2-1-3/h8-17,21-25,30-39H,18-20H2,1-7H3;/t21-,22-,23+,24-,25?,30?,31?,32?,33?,34-,35-,36?,37+,38-,39?;/m0./s1. The van der Waals surface area contributed by atoms with Crippen molar-refractivity contribution in [2.45, 2.75) is 127 Å². The molecule has 0 saturated carbocycles. The Balaban J connectivity index is 0.00000248. The number of thioether (sulfide) groups is 1. The first kappa shape index (κ1) is 47.2. The molecule has 0 spiro atoms. The first-order chi connectivity index (χ1) is 28.3. The Morgan fingerprint density at radius 2 is 1.25 bits per heavy atom. The Morgan fingerprint density at radius 3 is 1.85 bits per heavy atom. The van der Waals surface area contributed by atoms with Gasteiger partial charge in [0.25, 0.3) is 0 Å². The minimum absolute atomic E-state index is 0.0202. The number of hydrogen-bond acceptors (Lipinski definition) is 15. The number of nitrogens with zero attached hydrogens (tertiary/aromatic N) is 6. The van der Waals surface area contributed by atoms with Crippen LogP contribution in [0.5, 0.6) is 0 Å². The molecule has 3 fully saturated rings. The number of carbonyl (C=O) groups excluding carboxylic acids is 4. The zero-order valence-corrected chi connectivity index (χ0v) is 34.9. The summed E-state index contributed by atoms with van der Waals surface area (Å²) in [5.41, 5.74) is 19.5. The molecule has 3 aliphatic heterocycles. The van der Waals surface area contributed by atoms with Crippen LogP contribution in [-0.2, 0) is 63.7 Å². The normalized spacial score (nSPS) is 34.0. The lowest BCUT2D eigenvalue weighted by Crippen LogP contribution is -2.61. The number of hydrogen-bond donors (Lipinski definition) is 0. The van der Waals surface area contributed by atoms with E-state index in [1.807, 2.05) is 95.3 Å². The van der Waals surface area contributed by atoms with Gasteiger partial charge in [-0.15, -0.1) is 0 Å². The lowest BCUT2D eigenvalue weighted by atomic mass is 9.82. The number of esters is 2. The first-order valence-corrected chi connectivity index (χ1v) is 20.2. The number of azide groups is 2. The van der Waals surface area contributed by atoms with Crippen molar-refractivity contribution in [2.24, 2.45) is 33.9 Å². The van der Waals surface area contributed by atoms with Gasteiger partial charge in [-0.2, -0.15) is 9.59 Å². The third kappa shape index (κ3) is 13.0. The summed E-state index contributed by atoms with van der Waals surface area (Å²) < 4.78 is 50.5. The highest BCUT2D eigenvalue weighted by molar-refractivity contribution is 7.99. The Bertz CT molecular complexity index is 1780. The van der Waals surface area contributed by atoms with Gasteiger partial charge in [-0.25, -0.2) is 0 Å². The average Bonchev–Trinajstić information content (AvgIpc) is 3.21. The van der Waals surface area contributed by atoms with Crippen LogP contribution >= 0.6 is 11.8 Å². The fraction of sp³-hybridized carbons (Fsp3) is 0.625. The second-order valence-corrected chi connectivity index (χ2v) is 15.9. The molecule has 15 atom stereocenters. The highest BCUT2D eigenvalue weighted by Crippen LogP contribution is 2.42. The van der Waals surface area contributed by atoms with E-state index in [4.69, 9.17) is 47.5 Å². The second kappa shape index (κ2) is 23.3. The molecule has 19 heteroatoms. The predicted molar refractivity (Wildman–Crippen MR) is 210 cm³/mol. The Hall–Kier alpha value is -4.51. The topological polar surface area (TPSA) is 240 Å². The molecule has 18 nitrogen and oxygen atoms in total. The van der Waals surface area contributed by atoms with Gasteiger partial charge < -0.3 is 37.9 Å². The summed E-state index contributed by atoms with van der Waals surface area (Å²) in [6.45, 7) is 12.4. The van der Waals surface area contributed by atoms with E-state index in [0.717, 1.165) is 10.5 Å². The molecule has 2 aromatic rings. The summed E-state index contributed by atoms with van der Waals surface area (Å²) in [5, 5.41) is 8.23. The van der Waals surface area contributed by atoms with Crippen molar-refractivity contribution in [2.75, 3.05) is 13.2 Å². The van der Waals surface area contributed by atoms with Crippen LogP contribution in [0.4, 0.5) is 0 Å². The van der Waals surface area contributed by atoms with Gasteiger partial charge in [0.2, 0.25) is 0 Å². The number of rotatable bonds is 15. The molecule has 5 rings (SSSR count). The summed E-state index contributed by atoms with van der Waals surface area (Å²) in [6, 6.07) is 17.9. The molecule has 0 N–H and O–H groups in total. The fourth-order valence-corrected chi connectivity index (χ4v) is 8.70. The number of benzene rings is 2. The fourth-order valence-electron chi connectivity index (χ4n) is 7.48. The van der Waals surface area contributed by atoms with Gasteiger partial charge in [0.05, 0.1) is 43.1 Å². The van der Waals surface area contributed by atoms with Crippen molar-refractivity contribution in [1.82, 2.24) is 0 Å². The van der Waals surface area contributed by atoms with Crippen molar-refractivity contribution in [3.8, 4) is 0 Å². The maximum absolute atomic E-state index is 12.0. The molecular formula is C40H52N6O12S. The molecule has 3 aliphatic rings. The van der Waals surface area contributed by atoms with Crippen LogP contribution in [0.25, 0.3) is 20.9 Å². The molecule has 0 radical (unpaired) electrons. The maximum atomic E-state index is 12.0. The van der Waals surface area contributed by atoms with E-state index in [-0.39, 0.29) is 43.7 Å². The molecular weight excluding hydrogens is 789 g/mol. The molecule has 0 aliphatic carbocycles. The van der Waals surface area contributed by atoms with Crippen molar-refractivity contribution in [1.29, 1.82) is 0 Å². The second-order valence-electron chi connectivity index (χ2n) is 14.7. The lowest BCUT2D eigenvalue weighted by Gasteiger charge is -2.50. The minimum atomic E-state index is -0.980. The van der Waals surface area contributed by atoms with Gasteiger partial charge >= 0.3 is 18.1 Å². The predicted octanol–water partition coefficient (Wildman–Crippen LogP) is 6.77. The quantitative estimate of drug-likeness (QED) is 0.0779. The van der Waals surface area contributed by atoms with E-state index < -0.39 is 84.6 Å². The average molecular weight is 841 g/mol. The lowest BCUT2D eigenvalue weighted by molar-refractivity contribution is -0.347. The van der Waals surface area contributed by atoms with Gasteiger partial charge in [-0.05, 0) is 53.4 Å². The van der Waals surface area contributed by atoms with E-state index in [1.54, 1.807) is 0 Å². The Kier molecular flexibility index (Phi) is 18.6. The van der Waals surface area contributed by atoms with Crippen molar-refractivity contribution in [3.05, 3.63) is 87.1 Å². The minimum Gasteiger partial charge on any atom is -0.463 e. The molecule has 320 valence electrons. The smallest absolute Gasteiger partial charge is 0.373 e. The van der Waals surface area contributed by atoms with Gasteiger partial charge in [-0.1, -0.05) is 98.2 Å². The van der Waals surface area contributed by atoms with Crippen molar-refractivity contribution in [3.63, 3.8) is 0 Å². The zero-order valence-electron chi connectivity index (χ0n) is 34.0. The number of carbonyl (C=O) groups is 2. The maximum Gasteiger partial charge on any atom is 0.373 e. The van der Waals surface area contributed by atoms with Crippen molar-refractivity contribution < 1.29 is 57.1 Å². The van der Waals surface area contributed by atoms with Gasteiger partial charge in [0.1, 0.15) is 30.9 Å². The molecule has 0 bridgehead atoms. The summed E-state index contributed by atoms with van der Waals surface area (Å²) in [5.74, 6) is -1.99. The molecule has 0 aromatic heterocycles. The highest BCUT2D eigenvalue weighted by atomic mass is 32.2. The van der Waals surface area contributed by atoms with Crippen LogP contribution < -0.4 is 0 Å². The summed E-state index contributed by atoms with van der Waals surface area (Å²) in [6.07, 6.45) is -5.67. The van der Waals surface area contributed by atoms with Gasteiger partial charge in [0.15, 0.2) is 12.6 Å². The summed E-state index contributed by atoms with van der Waals surface area (Å²) in [4.78, 5) is 47.1. The Morgan fingerprint density at radius 1 is 0.695 bits per heavy atom. The van der Waals surface area contributed by atoms with E-state index in [9.17, 15) is 20.7 Å². The van der Waals surface area contributed by atoms with Gasteiger partial charge in [-0.3, -0.25) is 9.59 Å². The first-order valence-electron chi connectivity index (χ1n) is 19.3. The van der Waals surface area contributed by atoms with Crippen LogP contribution in [0.15, 0.2) is 75.8 Å². The Labute approximate surface area is 347 Å². The molecule has 3 heterocycles. The SMILES string of the molecule is CC(=O)OCC1O[C@H](O[C@@H]2C(C)O[C@@H](O[C@@H]3C(COC(C)=O)OC(Sc4ccccc4)C(N=[N+]=[N-])[C@H]3C)C(OCc3ccccc3)[C@H]2C)C(N=[N+]=[N-])[C@@H](C)[C@@H]1C.O=C=O. The summed E-state index contributed by atoms with van der Waals surface area (Å²) in [7, 11) is 0. The molecule has 3 saturated heterocycles. The van der Waals surface area contributed by atoms with Crippen LogP contribution in [0.3, 0.4) is 0 Å². The monoisotopic (exact) mass is 840 g/mol. The molecule has 2 aromatic carbocycles. The van der Waals surface area contributed by atoms with Crippen molar-refractivity contribution >= 4 is 29.9 Å². The molecule has 0 amide bonds. The van der Waals surface area contributed by atoms with E-state index in [1.165, 1.54) is 25.6 Å². The largest absolute Gasteiger partial charge is 0.463 e. The van der Waals surface area contributed by atoms with Gasteiger partial charge in [0, 0.05) is 34.5 Å². The number of ether oxygens (including phenoxy) is 8. The molecule has 7 unspecified atom stereocenters. The van der Waals surface area contributed by atoms with Crippen LogP contribution in [0, 0.1) is 23.7 Å². The van der Waals surface area contributed by atoms with Crippen LogP contribution in [-0.4, -0.2) is 98.0 Å². The molecule has 59 heavy (non-hydrogen) atoms.